The monoisotopic (exact) mass is 268 g/mol. The van der Waals surface area contributed by atoms with Crippen LogP contribution in [0.25, 0.3) is 0 Å². The van der Waals surface area contributed by atoms with Crippen LogP contribution in [-0.2, 0) is 0 Å². The minimum atomic E-state index is 0.686. The SMILES string of the molecule is CNCCCC1CNc2ccc(Br)cc21. The number of rotatable bonds is 4. The quantitative estimate of drug-likeness (QED) is 0.821. The third-order valence-corrected chi connectivity index (χ3v) is 3.46. The van der Waals surface area contributed by atoms with Gasteiger partial charge in [0.15, 0.2) is 0 Å². The van der Waals surface area contributed by atoms with Crippen molar-refractivity contribution in [1.82, 2.24) is 5.32 Å². The maximum atomic E-state index is 3.53. The summed E-state index contributed by atoms with van der Waals surface area (Å²) in [5.74, 6) is 0.686. The van der Waals surface area contributed by atoms with Crippen LogP contribution in [0.3, 0.4) is 0 Å². The van der Waals surface area contributed by atoms with Gasteiger partial charge in [-0.05, 0) is 50.2 Å². The van der Waals surface area contributed by atoms with Crippen LogP contribution in [0.5, 0.6) is 0 Å². The lowest BCUT2D eigenvalue weighted by Gasteiger charge is -2.09. The maximum Gasteiger partial charge on any atom is 0.0377 e. The first kappa shape index (κ1) is 11.0. The Morgan fingerprint density at radius 3 is 3.20 bits per heavy atom. The van der Waals surface area contributed by atoms with Gasteiger partial charge in [0.1, 0.15) is 0 Å². The highest BCUT2D eigenvalue weighted by molar-refractivity contribution is 9.10. The predicted molar refractivity (Wildman–Crippen MR) is 68.5 cm³/mol. The lowest BCUT2D eigenvalue weighted by atomic mass is 9.96. The second-order valence-corrected chi connectivity index (χ2v) is 4.97. The molecule has 0 amide bonds. The van der Waals surface area contributed by atoms with Gasteiger partial charge in [-0.3, -0.25) is 0 Å². The van der Waals surface area contributed by atoms with E-state index in [1.807, 2.05) is 7.05 Å². The Morgan fingerprint density at radius 2 is 2.40 bits per heavy atom. The van der Waals surface area contributed by atoms with E-state index in [0.29, 0.717) is 5.92 Å². The molecule has 0 aromatic heterocycles. The Hall–Kier alpha value is -0.540. The van der Waals surface area contributed by atoms with Gasteiger partial charge in [0, 0.05) is 22.6 Å². The first-order valence-corrected chi connectivity index (χ1v) is 6.28. The van der Waals surface area contributed by atoms with Gasteiger partial charge in [-0.1, -0.05) is 15.9 Å². The molecule has 1 heterocycles. The summed E-state index contributed by atoms with van der Waals surface area (Å²) in [5, 5.41) is 6.66. The molecule has 15 heavy (non-hydrogen) atoms. The van der Waals surface area contributed by atoms with E-state index in [1.165, 1.54) is 28.6 Å². The van der Waals surface area contributed by atoms with Gasteiger partial charge in [0.05, 0.1) is 0 Å². The maximum absolute atomic E-state index is 3.53. The molecule has 2 rings (SSSR count). The van der Waals surface area contributed by atoms with Crippen LogP contribution >= 0.6 is 15.9 Å². The zero-order valence-electron chi connectivity index (χ0n) is 9.02. The van der Waals surface area contributed by atoms with Crippen LogP contribution in [0.2, 0.25) is 0 Å². The Morgan fingerprint density at radius 1 is 1.53 bits per heavy atom. The number of hydrogen-bond acceptors (Lipinski definition) is 2. The Labute approximate surface area is 99.6 Å². The highest BCUT2D eigenvalue weighted by Gasteiger charge is 2.21. The van der Waals surface area contributed by atoms with Crippen molar-refractivity contribution in [2.45, 2.75) is 18.8 Å². The van der Waals surface area contributed by atoms with Crippen LogP contribution in [0.1, 0.15) is 24.3 Å². The minimum Gasteiger partial charge on any atom is -0.384 e. The molecule has 2 nitrogen and oxygen atoms in total. The van der Waals surface area contributed by atoms with Crippen molar-refractivity contribution in [3.05, 3.63) is 28.2 Å². The lowest BCUT2D eigenvalue weighted by Crippen LogP contribution is -2.10. The van der Waals surface area contributed by atoms with Crippen molar-refractivity contribution >= 4 is 21.6 Å². The highest BCUT2D eigenvalue weighted by Crippen LogP contribution is 2.35. The van der Waals surface area contributed by atoms with E-state index in [4.69, 9.17) is 0 Å². The first-order chi connectivity index (χ1) is 7.31. The van der Waals surface area contributed by atoms with E-state index >= 15 is 0 Å². The molecule has 1 aliphatic heterocycles. The molecule has 0 bridgehead atoms. The molecule has 1 unspecified atom stereocenters. The molecule has 3 heteroatoms. The molecule has 1 aromatic rings. The number of hydrogen-bond donors (Lipinski definition) is 2. The fourth-order valence-electron chi connectivity index (χ4n) is 2.16. The van der Waals surface area contributed by atoms with E-state index in [-0.39, 0.29) is 0 Å². The van der Waals surface area contributed by atoms with Crippen molar-refractivity contribution in [3.8, 4) is 0 Å². The van der Waals surface area contributed by atoms with Gasteiger partial charge >= 0.3 is 0 Å². The molecule has 2 N–H and O–H groups in total. The molecular formula is C12H17BrN2. The molecule has 0 fully saturated rings. The molecule has 1 atom stereocenters. The highest BCUT2D eigenvalue weighted by atomic mass is 79.9. The summed E-state index contributed by atoms with van der Waals surface area (Å²) >= 11 is 3.53. The molecule has 0 saturated carbocycles. The summed E-state index contributed by atoms with van der Waals surface area (Å²) in [6.45, 7) is 2.20. The summed E-state index contributed by atoms with van der Waals surface area (Å²) in [4.78, 5) is 0. The largest absolute Gasteiger partial charge is 0.384 e. The second-order valence-electron chi connectivity index (χ2n) is 4.06. The molecule has 1 aliphatic rings. The number of benzene rings is 1. The Balaban J connectivity index is 2.03. The number of fused-ring (bicyclic) bond motifs is 1. The third kappa shape index (κ3) is 2.52. The topological polar surface area (TPSA) is 24.1 Å². The van der Waals surface area contributed by atoms with E-state index in [1.54, 1.807) is 0 Å². The zero-order chi connectivity index (χ0) is 10.7. The number of halogens is 1. The molecule has 0 saturated heterocycles. The minimum absolute atomic E-state index is 0.686. The van der Waals surface area contributed by atoms with Crippen LogP contribution in [-0.4, -0.2) is 20.1 Å². The fourth-order valence-corrected chi connectivity index (χ4v) is 2.54. The Bertz CT molecular complexity index is 338. The zero-order valence-corrected chi connectivity index (χ0v) is 10.6. The number of anilines is 1. The molecular weight excluding hydrogens is 252 g/mol. The molecule has 0 spiro atoms. The van der Waals surface area contributed by atoms with Crippen molar-refractivity contribution < 1.29 is 0 Å². The summed E-state index contributed by atoms with van der Waals surface area (Å²) in [6, 6.07) is 6.51. The van der Waals surface area contributed by atoms with Gasteiger partial charge in [-0.15, -0.1) is 0 Å². The van der Waals surface area contributed by atoms with Gasteiger partial charge in [-0.25, -0.2) is 0 Å². The van der Waals surface area contributed by atoms with E-state index < -0.39 is 0 Å². The third-order valence-electron chi connectivity index (χ3n) is 2.97. The van der Waals surface area contributed by atoms with Gasteiger partial charge in [0.2, 0.25) is 0 Å². The molecule has 1 aromatic carbocycles. The van der Waals surface area contributed by atoms with Gasteiger partial charge < -0.3 is 10.6 Å². The van der Waals surface area contributed by atoms with Crippen molar-refractivity contribution in [2.75, 3.05) is 25.5 Å². The van der Waals surface area contributed by atoms with E-state index in [2.05, 4.69) is 44.8 Å². The fraction of sp³-hybridized carbons (Fsp3) is 0.500. The van der Waals surface area contributed by atoms with Crippen molar-refractivity contribution in [3.63, 3.8) is 0 Å². The number of nitrogens with one attached hydrogen (secondary N) is 2. The molecule has 82 valence electrons. The normalized spacial score (nSPS) is 18.7. The van der Waals surface area contributed by atoms with Crippen LogP contribution < -0.4 is 10.6 Å². The predicted octanol–water partition coefficient (Wildman–Crippen LogP) is 2.96. The second kappa shape index (κ2) is 4.99. The summed E-state index contributed by atoms with van der Waals surface area (Å²) < 4.78 is 1.18. The molecule has 0 aliphatic carbocycles. The smallest absolute Gasteiger partial charge is 0.0377 e. The average Bonchev–Trinajstić information content (AvgIpc) is 2.62. The summed E-state index contributed by atoms with van der Waals surface area (Å²) in [5.41, 5.74) is 2.79. The first-order valence-electron chi connectivity index (χ1n) is 5.49. The van der Waals surface area contributed by atoms with Gasteiger partial charge in [0.25, 0.3) is 0 Å². The van der Waals surface area contributed by atoms with Crippen molar-refractivity contribution in [1.29, 1.82) is 0 Å². The van der Waals surface area contributed by atoms with Crippen LogP contribution in [0.4, 0.5) is 5.69 Å². The van der Waals surface area contributed by atoms with Crippen LogP contribution in [0.15, 0.2) is 22.7 Å². The summed E-state index contributed by atoms with van der Waals surface area (Å²) in [7, 11) is 2.01. The van der Waals surface area contributed by atoms with Crippen LogP contribution in [0, 0.1) is 0 Å². The standard InChI is InChI=1S/C12H17BrN2/c1-14-6-2-3-9-8-15-12-5-4-10(13)7-11(9)12/h4-5,7,9,14-15H,2-3,6,8H2,1H3. The van der Waals surface area contributed by atoms with E-state index in [0.717, 1.165) is 13.1 Å². The molecule has 0 radical (unpaired) electrons. The summed E-state index contributed by atoms with van der Waals surface area (Å²) in [6.07, 6.45) is 2.51. The van der Waals surface area contributed by atoms with Gasteiger partial charge in [-0.2, -0.15) is 0 Å². The lowest BCUT2D eigenvalue weighted by molar-refractivity contribution is 0.606. The Kier molecular flexibility index (Phi) is 3.65. The van der Waals surface area contributed by atoms with E-state index in [9.17, 15) is 0 Å². The average molecular weight is 269 g/mol. The van der Waals surface area contributed by atoms with Crippen molar-refractivity contribution in [2.24, 2.45) is 0 Å².